The van der Waals surface area contributed by atoms with Crippen LogP contribution in [0.1, 0.15) is 6.42 Å². The van der Waals surface area contributed by atoms with Gasteiger partial charge in [0.05, 0.1) is 17.2 Å². The molecule has 0 aliphatic heterocycles. The molecule has 0 aliphatic carbocycles. The smallest absolute Gasteiger partial charge is 0.261 e. The normalized spacial score (nSPS) is 10.9. The van der Waals surface area contributed by atoms with Crippen LogP contribution in [-0.2, 0) is 6.54 Å². The highest BCUT2D eigenvalue weighted by Gasteiger charge is 2.04. The van der Waals surface area contributed by atoms with Gasteiger partial charge >= 0.3 is 0 Å². The molecule has 0 radical (unpaired) electrons. The van der Waals surface area contributed by atoms with Gasteiger partial charge in [0.1, 0.15) is 5.75 Å². The maximum atomic E-state index is 12.1. The largest absolute Gasteiger partial charge is 0.508 e. The van der Waals surface area contributed by atoms with Crippen molar-refractivity contribution in [1.82, 2.24) is 14.9 Å². The van der Waals surface area contributed by atoms with Crippen LogP contribution in [0.5, 0.6) is 5.75 Å². The second kappa shape index (κ2) is 4.97. The zero-order chi connectivity index (χ0) is 12.3. The van der Waals surface area contributed by atoms with Gasteiger partial charge in [-0.2, -0.15) is 0 Å². The summed E-state index contributed by atoms with van der Waals surface area (Å²) in [5.74, 6) is 0.0874. The number of phenols is 1. The predicted octanol–water partition coefficient (Wildman–Crippen LogP) is 0.712. The lowest BCUT2D eigenvalue weighted by atomic mass is 10.2. The number of aryl methyl sites for hydroxylation is 1. The molecule has 0 spiro atoms. The third kappa shape index (κ3) is 2.45. The number of rotatable bonds is 4. The van der Waals surface area contributed by atoms with Crippen LogP contribution in [0.25, 0.3) is 10.9 Å². The van der Waals surface area contributed by atoms with Crippen LogP contribution in [-0.4, -0.2) is 28.3 Å². The second-order valence-corrected chi connectivity index (χ2v) is 3.90. The van der Waals surface area contributed by atoms with Crippen LogP contribution >= 0.6 is 0 Å². The Kier molecular flexibility index (Phi) is 3.39. The monoisotopic (exact) mass is 233 g/mol. The van der Waals surface area contributed by atoms with Crippen molar-refractivity contribution in [2.45, 2.75) is 13.0 Å². The quantitative estimate of drug-likeness (QED) is 0.763. The predicted molar refractivity (Wildman–Crippen MR) is 66.2 cm³/mol. The van der Waals surface area contributed by atoms with Crippen LogP contribution in [0.3, 0.4) is 0 Å². The van der Waals surface area contributed by atoms with E-state index < -0.39 is 0 Å². The molecular formula is C12H15N3O2. The zero-order valence-corrected chi connectivity index (χ0v) is 9.68. The first-order valence-corrected chi connectivity index (χ1v) is 5.55. The van der Waals surface area contributed by atoms with E-state index in [-0.39, 0.29) is 11.3 Å². The molecule has 1 aromatic heterocycles. The van der Waals surface area contributed by atoms with Crippen molar-refractivity contribution in [3.63, 3.8) is 0 Å². The van der Waals surface area contributed by atoms with Gasteiger partial charge < -0.3 is 10.4 Å². The molecule has 5 nitrogen and oxygen atoms in total. The van der Waals surface area contributed by atoms with Crippen LogP contribution < -0.4 is 10.9 Å². The zero-order valence-electron chi connectivity index (χ0n) is 9.68. The molecule has 0 unspecified atom stereocenters. The number of nitrogens with one attached hydrogen (secondary N) is 1. The van der Waals surface area contributed by atoms with Crippen molar-refractivity contribution in [2.75, 3.05) is 13.6 Å². The van der Waals surface area contributed by atoms with E-state index in [2.05, 4.69) is 10.3 Å². The molecule has 0 bridgehead atoms. The van der Waals surface area contributed by atoms with Crippen LogP contribution in [0, 0.1) is 0 Å². The Hall–Kier alpha value is -1.88. The fraction of sp³-hybridized carbons (Fsp3) is 0.333. The Morgan fingerprint density at radius 2 is 2.29 bits per heavy atom. The van der Waals surface area contributed by atoms with Crippen LogP contribution in [0.2, 0.25) is 0 Å². The van der Waals surface area contributed by atoms with E-state index in [4.69, 9.17) is 0 Å². The summed E-state index contributed by atoms with van der Waals surface area (Å²) in [6.07, 6.45) is 2.42. The number of benzene rings is 1. The topological polar surface area (TPSA) is 67.2 Å². The number of hydrogen-bond donors (Lipinski definition) is 2. The Bertz CT molecular complexity index is 577. The van der Waals surface area contributed by atoms with Gasteiger partial charge in [-0.05, 0) is 38.2 Å². The number of nitrogens with zero attached hydrogens (tertiary/aromatic N) is 2. The molecule has 0 atom stereocenters. The molecule has 5 heteroatoms. The van der Waals surface area contributed by atoms with Gasteiger partial charge in [-0.15, -0.1) is 0 Å². The summed E-state index contributed by atoms with van der Waals surface area (Å²) in [6, 6.07) is 4.63. The number of phenolic OH excluding ortho intramolecular Hbond substituents is 1. The van der Waals surface area contributed by atoms with Crippen molar-refractivity contribution in [3.05, 3.63) is 34.9 Å². The molecule has 0 fully saturated rings. The summed E-state index contributed by atoms with van der Waals surface area (Å²) in [4.78, 5) is 16.3. The van der Waals surface area contributed by atoms with Crippen LogP contribution in [0.15, 0.2) is 29.3 Å². The third-order valence-electron chi connectivity index (χ3n) is 2.63. The second-order valence-electron chi connectivity index (χ2n) is 3.90. The molecule has 17 heavy (non-hydrogen) atoms. The Morgan fingerprint density at radius 3 is 3.06 bits per heavy atom. The molecular weight excluding hydrogens is 218 g/mol. The highest BCUT2D eigenvalue weighted by molar-refractivity contribution is 5.78. The van der Waals surface area contributed by atoms with Gasteiger partial charge in [0.2, 0.25) is 0 Å². The van der Waals surface area contributed by atoms with Gasteiger partial charge in [0.15, 0.2) is 0 Å². The third-order valence-corrected chi connectivity index (χ3v) is 2.63. The van der Waals surface area contributed by atoms with E-state index in [1.807, 2.05) is 7.05 Å². The Balaban J connectivity index is 2.39. The molecule has 0 saturated carbocycles. The molecule has 2 aromatic rings. The van der Waals surface area contributed by atoms with E-state index in [9.17, 15) is 9.90 Å². The lowest BCUT2D eigenvalue weighted by Gasteiger charge is -2.06. The molecule has 1 heterocycles. The maximum Gasteiger partial charge on any atom is 0.261 e. The molecule has 2 rings (SSSR count). The summed E-state index contributed by atoms with van der Waals surface area (Å²) in [5.41, 5.74) is 0.500. The number of fused-ring (bicyclic) bond motifs is 1. The van der Waals surface area contributed by atoms with Crippen molar-refractivity contribution in [3.8, 4) is 5.75 Å². The molecule has 0 saturated heterocycles. The molecule has 1 aromatic carbocycles. The Labute approximate surface area is 98.7 Å². The average Bonchev–Trinajstić information content (AvgIpc) is 2.33. The van der Waals surface area contributed by atoms with Gasteiger partial charge in [0, 0.05) is 6.54 Å². The van der Waals surface area contributed by atoms with Crippen molar-refractivity contribution in [2.24, 2.45) is 0 Å². The van der Waals surface area contributed by atoms with Crippen LogP contribution in [0.4, 0.5) is 0 Å². The standard InChI is InChI=1S/C12H15N3O2/c1-13-5-2-6-15-8-14-11-4-3-9(16)7-10(11)12(15)17/h3-4,7-8,13,16H,2,5-6H2,1H3. The SMILES string of the molecule is CNCCCn1cnc2ccc(O)cc2c1=O. The van der Waals surface area contributed by atoms with E-state index in [1.54, 1.807) is 17.0 Å². The van der Waals surface area contributed by atoms with E-state index in [0.717, 1.165) is 13.0 Å². The molecule has 2 N–H and O–H groups in total. The van der Waals surface area contributed by atoms with Crippen molar-refractivity contribution >= 4 is 10.9 Å². The summed E-state index contributed by atoms with van der Waals surface area (Å²) >= 11 is 0. The fourth-order valence-electron chi connectivity index (χ4n) is 1.73. The lowest BCUT2D eigenvalue weighted by molar-refractivity contribution is 0.476. The number of aromatic nitrogens is 2. The Morgan fingerprint density at radius 1 is 1.47 bits per heavy atom. The maximum absolute atomic E-state index is 12.1. The summed E-state index contributed by atoms with van der Waals surface area (Å²) in [5, 5.41) is 12.9. The summed E-state index contributed by atoms with van der Waals surface area (Å²) in [7, 11) is 1.87. The van der Waals surface area contributed by atoms with Crippen molar-refractivity contribution in [1.29, 1.82) is 0 Å². The average molecular weight is 233 g/mol. The van der Waals surface area contributed by atoms with Gasteiger partial charge in [-0.1, -0.05) is 0 Å². The first kappa shape index (κ1) is 11.6. The minimum absolute atomic E-state index is 0.0874. The first-order chi connectivity index (χ1) is 8.22. The summed E-state index contributed by atoms with van der Waals surface area (Å²) < 4.78 is 1.57. The first-order valence-electron chi connectivity index (χ1n) is 5.55. The number of hydrogen-bond acceptors (Lipinski definition) is 4. The molecule has 90 valence electrons. The molecule has 0 aliphatic rings. The minimum Gasteiger partial charge on any atom is -0.508 e. The summed E-state index contributed by atoms with van der Waals surface area (Å²) in [6.45, 7) is 1.47. The van der Waals surface area contributed by atoms with Gasteiger partial charge in [-0.3, -0.25) is 9.36 Å². The van der Waals surface area contributed by atoms with Gasteiger partial charge in [-0.25, -0.2) is 4.98 Å². The molecule has 0 amide bonds. The van der Waals surface area contributed by atoms with Crippen molar-refractivity contribution < 1.29 is 5.11 Å². The van der Waals surface area contributed by atoms with E-state index in [0.29, 0.717) is 17.4 Å². The highest BCUT2D eigenvalue weighted by Crippen LogP contribution is 2.14. The minimum atomic E-state index is -0.109. The highest BCUT2D eigenvalue weighted by atomic mass is 16.3. The van der Waals surface area contributed by atoms with E-state index in [1.165, 1.54) is 12.1 Å². The lowest BCUT2D eigenvalue weighted by Crippen LogP contribution is -2.22. The van der Waals surface area contributed by atoms with Gasteiger partial charge in [0.25, 0.3) is 5.56 Å². The van der Waals surface area contributed by atoms with E-state index >= 15 is 0 Å². The fourth-order valence-corrected chi connectivity index (χ4v) is 1.73. The number of aromatic hydroxyl groups is 1.